The van der Waals surface area contributed by atoms with Crippen molar-refractivity contribution in [1.82, 2.24) is 4.90 Å². The van der Waals surface area contributed by atoms with E-state index >= 15 is 0 Å². The first-order valence-electron chi connectivity index (χ1n) is 7.37. The van der Waals surface area contributed by atoms with E-state index in [0.29, 0.717) is 6.04 Å². The minimum absolute atomic E-state index is 0.00959. The van der Waals surface area contributed by atoms with Gasteiger partial charge in [0, 0.05) is 18.6 Å². The van der Waals surface area contributed by atoms with Crippen LogP contribution in [0.5, 0.6) is 11.5 Å². The summed E-state index contributed by atoms with van der Waals surface area (Å²) in [6.45, 7) is 4.35. The zero-order valence-electron chi connectivity index (χ0n) is 12.8. The van der Waals surface area contributed by atoms with Crippen molar-refractivity contribution in [3.05, 3.63) is 23.8 Å². The van der Waals surface area contributed by atoms with E-state index in [1.165, 1.54) is 19.3 Å². The first-order chi connectivity index (χ1) is 9.65. The van der Waals surface area contributed by atoms with Gasteiger partial charge in [0.2, 0.25) is 0 Å². The van der Waals surface area contributed by atoms with Gasteiger partial charge in [-0.3, -0.25) is 4.90 Å². The highest BCUT2D eigenvalue weighted by atomic mass is 16.5. The first kappa shape index (κ1) is 15.1. The van der Waals surface area contributed by atoms with Crippen LogP contribution in [-0.2, 0) is 0 Å². The Morgan fingerprint density at radius 3 is 2.65 bits per heavy atom. The zero-order valence-corrected chi connectivity index (χ0v) is 12.8. The standard InChI is InChI=1S/C16H26N2O2/c1-12-6-4-5-9-18(12)11-14(17)13-7-8-15(19-2)16(10-13)20-3/h7-8,10,12,14H,4-6,9,11,17H2,1-3H3. The number of ether oxygens (including phenoxy) is 2. The Balaban J connectivity index is 2.06. The fourth-order valence-electron chi connectivity index (χ4n) is 2.87. The summed E-state index contributed by atoms with van der Waals surface area (Å²) >= 11 is 0. The number of piperidine rings is 1. The normalized spacial score (nSPS) is 21.5. The smallest absolute Gasteiger partial charge is 0.161 e. The van der Waals surface area contributed by atoms with Gasteiger partial charge in [-0.1, -0.05) is 12.5 Å². The summed E-state index contributed by atoms with van der Waals surface area (Å²) in [5, 5.41) is 0. The average molecular weight is 278 g/mol. The van der Waals surface area contributed by atoms with E-state index in [1.807, 2.05) is 18.2 Å². The number of hydrogen-bond donors (Lipinski definition) is 1. The monoisotopic (exact) mass is 278 g/mol. The molecular formula is C16H26N2O2. The van der Waals surface area contributed by atoms with E-state index in [1.54, 1.807) is 14.2 Å². The molecular weight excluding hydrogens is 252 g/mol. The van der Waals surface area contributed by atoms with Crippen LogP contribution < -0.4 is 15.2 Å². The SMILES string of the molecule is COc1ccc(C(N)CN2CCCCC2C)cc1OC. The molecule has 0 aliphatic carbocycles. The Bertz CT molecular complexity index is 436. The van der Waals surface area contributed by atoms with Gasteiger partial charge in [0.25, 0.3) is 0 Å². The molecule has 1 aliphatic rings. The van der Waals surface area contributed by atoms with Crippen LogP contribution in [0.15, 0.2) is 18.2 Å². The lowest BCUT2D eigenvalue weighted by molar-refractivity contribution is 0.151. The third-order valence-electron chi connectivity index (χ3n) is 4.21. The molecule has 2 N–H and O–H groups in total. The summed E-state index contributed by atoms with van der Waals surface area (Å²) < 4.78 is 10.6. The maximum atomic E-state index is 6.37. The van der Waals surface area contributed by atoms with Gasteiger partial charge in [0.05, 0.1) is 14.2 Å². The molecule has 0 amide bonds. The van der Waals surface area contributed by atoms with Crippen LogP contribution in [0.1, 0.15) is 37.8 Å². The van der Waals surface area contributed by atoms with Crippen LogP contribution >= 0.6 is 0 Å². The third-order valence-corrected chi connectivity index (χ3v) is 4.21. The van der Waals surface area contributed by atoms with E-state index in [4.69, 9.17) is 15.2 Å². The number of methoxy groups -OCH3 is 2. The van der Waals surface area contributed by atoms with Crippen molar-refractivity contribution in [3.63, 3.8) is 0 Å². The lowest BCUT2D eigenvalue weighted by Gasteiger charge is -2.35. The number of nitrogens with two attached hydrogens (primary N) is 1. The minimum Gasteiger partial charge on any atom is -0.493 e. The van der Waals surface area contributed by atoms with E-state index < -0.39 is 0 Å². The van der Waals surface area contributed by atoms with E-state index in [-0.39, 0.29) is 6.04 Å². The van der Waals surface area contributed by atoms with Crippen molar-refractivity contribution in [1.29, 1.82) is 0 Å². The van der Waals surface area contributed by atoms with Crippen LogP contribution in [-0.4, -0.2) is 38.3 Å². The topological polar surface area (TPSA) is 47.7 Å². The second-order valence-electron chi connectivity index (χ2n) is 5.56. The number of nitrogens with zero attached hydrogens (tertiary/aromatic N) is 1. The highest BCUT2D eigenvalue weighted by Crippen LogP contribution is 2.30. The van der Waals surface area contributed by atoms with E-state index in [2.05, 4.69) is 11.8 Å². The van der Waals surface area contributed by atoms with Crippen LogP contribution in [0.3, 0.4) is 0 Å². The highest BCUT2D eigenvalue weighted by molar-refractivity contribution is 5.43. The number of hydrogen-bond acceptors (Lipinski definition) is 4. The van der Waals surface area contributed by atoms with Gasteiger partial charge in [-0.05, 0) is 44.0 Å². The summed E-state index contributed by atoms with van der Waals surface area (Å²) in [7, 11) is 3.30. The predicted molar refractivity (Wildman–Crippen MR) is 81.4 cm³/mol. The summed E-state index contributed by atoms with van der Waals surface area (Å²) in [6.07, 6.45) is 3.89. The molecule has 1 aromatic rings. The van der Waals surface area contributed by atoms with E-state index in [0.717, 1.165) is 30.2 Å². The minimum atomic E-state index is 0.00959. The molecule has 1 saturated heterocycles. The van der Waals surface area contributed by atoms with Gasteiger partial charge in [-0.15, -0.1) is 0 Å². The molecule has 4 heteroatoms. The highest BCUT2D eigenvalue weighted by Gasteiger charge is 2.21. The second kappa shape index (κ2) is 6.95. The molecule has 0 saturated carbocycles. The number of likely N-dealkylation sites (tertiary alicyclic amines) is 1. The molecule has 0 radical (unpaired) electrons. The summed E-state index contributed by atoms with van der Waals surface area (Å²) in [4.78, 5) is 2.49. The molecule has 0 bridgehead atoms. The van der Waals surface area contributed by atoms with Crippen LogP contribution in [0, 0.1) is 0 Å². The largest absolute Gasteiger partial charge is 0.493 e. The second-order valence-corrected chi connectivity index (χ2v) is 5.56. The quantitative estimate of drug-likeness (QED) is 0.899. The van der Waals surface area contributed by atoms with Gasteiger partial charge in [-0.2, -0.15) is 0 Å². The van der Waals surface area contributed by atoms with E-state index in [9.17, 15) is 0 Å². The van der Waals surface area contributed by atoms with Crippen molar-refractivity contribution in [3.8, 4) is 11.5 Å². The van der Waals surface area contributed by atoms with Crippen molar-refractivity contribution in [2.75, 3.05) is 27.3 Å². The maximum absolute atomic E-state index is 6.37. The van der Waals surface area contributed by atoms with Gasteiger partial charge in [0.15, 0.2) is 11.5 Å². The first-order valence-corrected chi connectivity index (χ1v) is 7.37. The van der Waals surface area contributed by atoms with Crippen molar-refractivity contribution in [2.24, 2.45) is 5.73 Å². The summed E-state index contributed by atoms with van der Waals surface area (Å²) in [5.41, 5.74) is 7.46. The third kappa shape index (κ3) is 3.44. The lowest BCUT2D eigenvalue weighted by Crippen LogP contribution is -2.41. The molecule has 1 aromatic carbocycles. The van der Waals surface area contributed by atoms with Crippen LogP contribution in [0.2, 0.25) is 0 Å². The molecule has 112 valence electrons. The van der Waals surface area contributed by atoms with Crippen molar-refractivity contribution in [2.45, 2.75) is 38.3 Å². The van der Waals surface area contributed by atoms with Gasteiger partial charge in [0.1, 0.15) is 0 Å². The lowest BCUT2D eigenvalue weighted by atomic mass is 10.0. The molecule has 0 aromatic heterocycles. The van der Waals surface area contributed by atoms with Crippen LogP contribution in [0.4, 0.5) is 0 Å². The number of benzene rings is 1. The van der Waals surface area contributed by atoms with Crippen molar-refractivity contribution >= 4 is 0 Å². The molecule has 20 heavy (non-hydrogen) atoms. The summed E-state index contributed by atoms with van der Waals surface area (Å²) in [5.74, 6) is 1.49. The fourth-order valence-corrected chi connectivity index (χ4v) is 2.87. The predicted octanol–water partition coefficient (Wildman–Crippen LogP) is 2.58. The fraction of sp³-hybridized carbons (Fsp3) is 0.625. The van der Waals surface area contributed by atoms with Gasteiger partial charge in [-0.25, -0.2) is 0 Å². The Hall–Kier alpha value is -1.26. The molecule has 2 rings (SSSR count). The molecule has 1 aliphatic heterocycles. The summed E-state index contributed by atoms with van der Waals surface area (Å²) in [6, 6.07) is 6.58. The Morgan fingerprint density at radius 1 is 1.25 bits per heavy atom. The Morgan fingerprint density at radius 2 is 2.00 bits per heavy atom. The molecule has 1 fully saturated rings. The Labute approximate surface area is 121 Å². The number of rotatable bonds is 5. The molecule has 2 unspecified atom stereocenters. The molecule has 4 nitrogen and oxygen atoms in total. The van der Waals surface area contributed by atoms with Gasteiger partial charge >= 0.3 is 0 Å². The van der Waals surface area contributed by atoms with Crippen LogP contribution in [0.25, 0.3) is 0 Å². The van der Waals surface area contributed by atoms with Gasteiger partial charge < -0.3 is 15.2 Å². The molecule has 0 spiro atoms. The molecule has 1 heterocycles. The Kier molecular flexibility index (Phi) is 5.26. The molecule has 2 atom stereocenters. The maximum Gasteiger partial charge on any atom is 0.161 e. The zero-order chi connectivity index (χ0) is 14.5. The van der Waals surface area contributed by atoms with Crippen molar-refractivity contribution < 1.29 is 9.47 Å². The average Bonchev–Trinajstić information content (AvgIpc) is 2.48.